The highest BCUT2D eigenvalue weighted by Crippen LogP contribution is 2.43. The zero-order valence-corrected chi connectivity index (χ0v) is 15.9. The second-order valence-electron chi connectivity index (χ2n) is 7.37. The van der Waals surface area contributed by atoms with Crippen LogP contribution in [0.1, 0.15) is 42.4 Å². The second kappa shape index (κ2) is 5.98. The number of aliphatic imine (C=N–C) groups is 1. The van der Waals surface area contributed by atoms with Crippen LogP contribution in [0.2, 0.25) is 0 Å². The van der Waals surface area contributed by atoms with E-state index in [2.05, 4.69) is 39.1 Å². The van der Waals surface area contributed by atoms with Crippen LogP contribution in [0.15, 0.2) is 58.1 Å². The summed E-state index contributed by atoms with van der Waals surface area (Å²) in [6, 6.07) is 13.4. The molecule has 0 radical (unpaired) electrons. The molecule has 3 aromatic rings. The molecule has 5 rings (SSSR count). The van der Waals surface area contributed by atoms with Crippen LogP contribution in [0.3, 0.4) is 0 Å². The van der Waals surface area contributed by atoms with Crippen molar-refractivity contribution in [3.63, 3.8) is 0 Å². The number of fused-ring (bicyclic) bond motifs is 2. The molecule has 1 aromatic heterocycles. The van der Waals surface area contributed by atoms with Crippen molar-refractivity contribution in [3.05, 3.63) is 75.6 Å². The van der Waals surface area contributed by atoms with Gasteiger partial charge in [0.1, 0.15) is 11.3 Å². The Morgan fingerprint density at radius 2 is 1.85 bits per heavy atom. The normalized spacial score (nSPS) is 18.2. The third-order valence-corrected chi connectivity index (χ3v) is 6.44. The number of benzene rings is 2. The van der Waals surface area contributed by atoms with Gasteiger partial charge in [-0.2, -0.15) is 0 Å². The summed E-state index contributed by atoms with van der Waals surface area (Å²) in [4.78, 5) is 9.66. The van der Waals surface area contributed by atoms with E-state index in [1.807, 2.05) is 12.1 Å². The lowest BCUT2D eigenvalue weighted by atomic mass is 9.82. The highest BCUT2D eigenvalue weighted by atomic mass is 79.9. The van der Waals surface area contributed by atoms with Gasteiger partial charge in [-0.3, -0.25) is 9.98 Å². The molecule has 0 bridgehead atoms. The number of hydrogen-bond donors (Lipinski definition) is 0. The van der Waals surface area contributed by atoms with Crippen LogP contribution in [0.5, 0.6) is 0 Å². The smallest absolute Gasteiger partial charge is 0.149 e. The van der Waals surface area contributed by atoms with Crippen molar-refractivity contribution in [2.45, 2.75) is 37.6 Å². The van der Waals surface area contributed by atoms with Crippen molar-refractivity contribution in [2.24, 2.45) is 4.99 Å². The number of aromatic nitrogens is 1. The third-order valence-electron chi connectivity index (χ3n) is 5.70. The number of halogens is 2. The predicted molar refractivity (Wildman–Crippen MR) is 106 cm³/mol. The molecule has 0 amide bonds. The van der Waals surface area contributed by atoms with Crippen molar-refractivity contribution in [3.8, 4) is 0 Å². The topological polar surface area (TPSA) is 25.2 Å². The molecule has 130 valence electrons. The van der Waals surface area contributed by atoms with Crippen LogP contribution in [0, 0.1) is 5.82 Å². The number of nitrogens with zero attached hydrogens (tertiary/aromatic N) is 2. The predicted octanol–water partition coefficient (Wildman–Crippen LogP) is 5.84. The van der Waals surface area contributed by atoms with E-state index in [4.69, 9.17) is 4.99 Å². The van der Waals surface area contributed by atoms with Gasteiger partial charge in [0.2, 0.25) is 0 Å². The Morgan fingerprint density at radius 3 is 2.69 bits per heavy atom. The summed E-state index contributed by atoms with van der Waals surface area (Å²) in [6.07, 6.45) is 7.49. The molecule has 1 saturated carbocycles. The lowest BCUT2D eigenvalue weighted by molar-refractivity contribution is 0.434. The van der Waals surface area contributed by atoms with Crippen LogP contribution in [0.4, 0.5) is 4.39 Å². The minimum Gasteiger partial charge on any atom is -0.277 e. The van der Waals surface area contributed by atoms with Gasteiger partial charge in [-0.1, -0.05) is 53.0 Å². The Hall–Kier alpha value is -2.07. The molecule has 1 aliphatic heterocycles. The largest absolute Gasteiger partial charge is 0.277 e. The fourth-order valence-corrected chi connectivity index (χ4v) is 4.93. The molecule has 2 heterocycles. The van der Waals surface area contributed by atoms with E-state index in [0.29, 0.717) is 5.52 Å². The van der Waals surface area contributed by atoms with Crippen LogP contribution < -0.4 is 0 Å². The summed E-state index contributed by atoms with van der Waals surface area (Å²) in [7, 11) is 0. The van der Waals surface area contributed by atoms with Crippen molar-refractivity contribution in [1.29, 1.82) is 0 Å². The quantitative estimate of drug-likeness (QED) is 0.496. The Balaban J connectivity index is 1.73. The van der Waals surface area contributed by atoms with Gasteiger partial charge in [0.05, 0.1) is 11.3 Å². The van der Waals surface area contributed by atoms with Crippen LogP contribution in [0.25, 0.3) is 10.9 Å². The molecule has 2 aromatic carbocycles. The van der Waals surface area contributed by atoms with Crippen LogP contribution in [-0.4, -0.2) is 16.2 Å². The molecule has 2 nitrogen and oxygen atoms in total. The minimum absolute atomic E-state index is 0.00308. The zero-order chi connectivity index (χ0) is 17.7. The number of rotatable bonds is 1. The Kier molecular flexibility index (Phi) is 3.71. The lowest BCUT2D eigenvalue weighted by Crippen LogP contribution is -2.33. The highest BCUT2D eigenvalue weighted by Gasteiger charge is 2.38. The van der Waals surface area contributed by atoms with E-state index in [1.165, 1.54) is 24.5 Å². The van der Waals surface area contributed by atoms with E-state index in [9.17, 15) is 4.39 Å². The summed E-state index contributed by atoms with van der Waals surface area (Å²) in [5.74, 6) is -0.282. The summed E-state index contributed by atoms with van der Waals surface area (Å²) in [5.41, 5.74) is 4.87. The Bertz CT molecular complexity index is 1050. The summed E-state index contributed by atoms with van der Waals surface area (Å²) < 4.78 is 15.1. The molecular formula is C22H18BrFN2. The molecular weight excluding hydrogens is 391 g/mol. The summed E-state index contributed by atoms with van der Waals surface area (Å²) >= 11 is 3.74. The maximum atomic E-state index is 14.0. The fourth-order valence-electron chi connectivity index (χ4n) is 4.42. The average molecular weight is 409 g/mol. The molecule has 1 spiro atoms. The number of para-hydroxylation sites is 1. The van der Waals surface area contributed by atoms with Crippen LogP contribution in [-0.2, 0) is 6.42 Å². The monoisotopic (exact) mass is 408 g/mol. The molecule has 26 heavy (non-hydrogen) atoms. The first kappa shape index (κ1) is 16.1. The van der Waals surface area contributed by atoms with Crippen molar-refractivity contribution in [2.75, 3.05) is 0 Å². The minimum atomic E-state index is -0.282. The Morgan fingerprint density at radius 1 is 1.04 bits per heavy atom. The van der Waals surface area contributed by atoms with Crippen molar-refractivity contribution in [1.82, 2.24) is 4.98 Å². The van der Waals surface area contributed by atoms with Crippen molar-refractivity contribution < 1.29 is 4.39 Å². The average Bonchev–Trinajstić information content (AvgIpc) is 3.10. The van der Waals surface area contributed by atoms with Crippen LogP contribution >= 0.6 is 15.9 Å². The van der Waals surface area contributed by atoms with E-state index in [0.717, 1.165) is 46.0 Å². The van der Waals surface area contributed by atoms with Gasteiger partial charge >= 0.3 is 0 Å². The standard InChI is InChI=1S/C22H18BrFN2/c23-18-7-4-6-16-17(18)12-22(9-1-2-10-22)26-20(16)15-11-14-5-3-8-19(24)21(14)25-13-15/h3-8,11,13H,1-2,9-10,12H2. The van der Waals surface area contributed by atoms with Crippen molar-refractivity contribution >= 4 is 32.5 Å². The first-order chi connectivity index (χ1) is 12.7. The van der Waals surface area contributed by atoms with Gasteiger partial charge in [-0.05, 0) is 43.0 Å². The van der Waals surface area contributed by atoms with Gasteiger partial charge in [-0.15, -0.1) is 0 Å². The highest BCUT2D eigenvalue weighted by molar-refractivity contribution is 9.10. The molecule has 0 unspecified atom stereocenters. The molecule has 0 saturated heterocycles. The molecule has 0 atom stereocenters. The van der Waals surface area contributed by atoms with Gasteiger partial charge < -0.3 is 0 Å². The second-order valence-corrected chi connectivity index (χ2v) is 8.22. The maximum absolute atomic E-state index is 14.0. The van der Waals surface area contributed by atoms with E-state index < -0.39 is 0 Å². The Labute approximate surface area is 160 Å². The molecule has 0 N–H and O–H groups in total. The fraction of sp³-hybridized carbons (Fsp3) is 0.273. The molecule has 1 aliphatic carbocycles. The third kappa shape index (κ3) is 2.50. The first-order valence-electron chi connectivity index (χ1n) is 9.08. The summed E-state index contributed by atoms with van der Waals surface area (Å²) in [6.45, 7) is 0. The first-order valence-corrected chi connectivity index (χ1v) is 9.87. The van der Waals surface area contributed by atoms with Gasteiger partial charge in [-0.25, -0.2) is 4.39 Å². The maximum Gasteiger partial charge on any atom is 0.149 e. The van der Waals surface area contributed by atoms with E-state index in [-0.39, 0.29) is 11.4 Å². The number of pyridine rings is 1. The van der Waals surface area contributed by atoms with Gasteiger partial charge in [0.15, 0.2) is 0 Å². The SMILES string of the molecule is Fc1cccc2cc(C3=NC4(CCCC4)Cc4c(Br)cccc43)cnc12. The van der Waals surface area contributed by atoms with Gasteiger partial charge in [0.25, 0.3) is 0 Å². The van der Waals surface area contributed by atoms with E-state index >= 15 is 0 Å². The lowest BCUT2D eigenvalue weighted by Gasteiger charge is -2.33. The molecule has 2 aliphatic rings. The zero-order valence-electron chi connectivity index (χ0n) is 14.3. The van der Waals surface area contributed by atoms with E-state index in [1.54, 1.807) is 12.3 Å². The molecule has 4 heteroatoms. The summed E-state index contributed by atoms with van der Waals surface area (Å²) in [5, 5.41) is 0.813. The van der Waals surface area contributed by atoms with Gasteiger partial charge in [0, 0.05) is 27.2 Å². The molecule has 1 fully saturated rings. The number of hydrogen-bond acceptors (Lipinski definition) is 2.